The van der Waals surface area contributed by atoms with Gasteiger partial charge in [0.2, 0.25) is 0 Å². The molecule has 0 saturated heterocycles. The molecule has 6 heteroatoms. The largest absolute Gasteiger partial charge is 0.492 e. The van der Waals surface area contributed by atoms with Gasteiger partial charge in [-0.15, -0.1) is 0 Å². The van der Waals surface area contributed by atoms with Crippen LogP contribution in [0.25, 0.3) is 0 Å². The number of methoxy groups -OCH3 is 2. The molecule has 0 aromatic heterocycles. The number of ketones is 1. The standard InChI is InChI=1S/C13H15FO5/c1-5-19-13(16)10(15)9-7(2)6-8(14)11(17-3)12(9)18-4/h6H,5H2,1-4H3. The van der Waals surface area contributed by atoms with Gasteiger partial charge >= 0.3 is 5.97 Å². The SMILES string of the molecule is CCOC(=O)C(=O)c1c(C)cc(F)c(OC)c1OC. The van der Waals surface area contributed by atoms with Crippen molar-refractivity contribution in [2.24, 2.45) is 0 Å². The number of carbonyl (C=O) groups excluding carboxylic acids is 2. The van der Waals surface area contributed by atoms with Gasteiger partial charge in [0.1, 0.15) is 0 Å². The summed E-state index contributed by atoms with van der Waals surface area (Å²) < 4.78 is 28.1. The summed E-state index contributed by atoms with van der Waals surface area (Å²) in [6.45, 7) is 3.16. The number of benzene rings is 1. The van der Waals surface area contributed by atoms with Crippen molar-refractivity contribution in [1.82, 2.24) is 0 Å². The predicted octanol–water partition coefficient (Wildman–Crippen LogP) is 1.90. The number of rotatable bonds is 5. The second-order valence-corrected chi connectivity index (χ2v) is 3.67. The van der Waals surface area contributed by atoms with Crippen LogP contribution in [0.3, 0.4) is 0 Å². The number of esters is 1. The van der Waals surface area contributed by atoms with Gasteiger partial charge < -0.3 is 14.2 Å². The molecule has 0 atom stereocenters. The third-order valence-electron chi connectivity index (χ3n) is 2.48. The molecule has 0 radical (unpaired) electrons. The Morgan fingerprint density at radius 3 is 2.26 bits per heavy atom. The molecule has 0 heterocycles. The molecule has 19 heavy (non-hydrogen) atoms. The molecule has 0 fully saturated rings. The van der Waals surface area contributed by atoms with E-state index in [4.69, 9.17) is 9.47 Å². The minimum Gasteiger partial charge on any atom is -0.492 e. The molecule has 0 spiro atoms. The van der Waals surface area contributed by atoms with Crippen LogP contribution in [0.5, 0.6) is 11.5 Å². The lowest BCUT2D eigenvalue weighted by Gasteiger charge is -2.14. The van der Waals surface area contributed by atoms with Crippen molar-refractivity contribution < 1.29 is 28.2 Å². The van der Waals surface area contributed by atoms with Crippen LogP contribution in [0.15, 0.2) is 6.07 Å². The first kappa shape index (κ1) is 14.9. The fraction of sp³-hybridized carbons (Fsp3) is 0.385. The average Bonchev–Trinajstić information content (AvgIpc) is 2.37. The first-order valence-electron chi connectivity index (χ1n) is 5.60. The van der Waals surface area contributed by atoms with Crippen LogP contribution in [0.1, 0.15) is 22.8 Å². The number of halogens is 1. The van der Waals surface area contributed by atoms with Gasteiger partial charge in [0.25, 0.3) is 5.78 Å². The van der Waals surface area contributed by atoms with E-state index in [1.165, 1.54) is 21.1 Å². The molecule has 0 aliphatic rings. The number of hydrogen-bond acceptors (Lipinski definition) is 5. The van der Waals surface area contributed by atoms with Crippen molar-refractivity contribution >= 4 is 11.8 Å². The molecule has 1 aromatic carbocycles. The number of ether oxygens (including phenoxy) is 3. The Balaban J connectivity index is 3.41. The van der Waals surface area contributed by atoms with Crippen molar-refractivity contribution in [3.63, 3.8) is 0 Å². The smallest absolute Gasteiger partial charge is 0.379 e. The lowest BCUT2D eigenvalue weighted by Crippen LogP contribution is -2.20. The molecule has 0 aliphatic carbocycles. The van der Waals surface area contributed by atoms with E-state index in [-0.39, 0.29) is 29.2 Å². The monoisotopic (exact) mass is 270 g/mol. The Bertz CT molecular complexity index is 510. The van der Waals surface area contributed by atoms with Crippen LogP contribution in [-0.4, -0.2) is 32.6 Å². The van der Waals surface area contributed by atoms with E-state index >= 15 is 0 Å². The predicted molar refractivity (Wildman–Crippen MR) is 65.2 cm³/mol. The maximum atomic E-state index is 13.7. The van der Waals surface area contributed by atoms with E-state index < -0.39 is 17.6 Å². The molecule has 104 valence electrons. The third kappa shape index (κ3) is 2.83. The normalized spacial score (nSPS) is 9.95. The second kappa shape index (κ2) is 6.17. The summed E-state index contributed by atoms with van der Waals surface area (Å²) in [6, 6.07) is 1.10. The molecule has 5 nitrogen and oxygen atoms in total. The highest BCUT2D eigenvalue weighted by Gasteiger charge is 2.28. The minimum absolute atomic E-state index is 0.0563. The van der Waals surface area contributed by atoms with Crippen molar-refractivity contribution in [3.8, 4) is 11.5 Å². The van der Waals surface area contributed by atoms with Crippen molar-refractivity contribution in [2.75, 3.05) is 20.8 Å². The summed E-state index contributed by atoms with van der Waals surface area (Å²) in [5.41, 5.74) is 0.215. The van der Waals surface area contributed by atoms with E-state index in [0.717, 1.165) is 6.07 Å². The molecule has 0 amide bonds. The van der Waals surface area contributed by atoms with Crippen LogP contribution in [0.2, 0.25) is 0 Å². The van der Waals surface area contributed by atoms with Gasteiger partial charge in [0.05, 0.1) is 26.4 Å². The minimum atomic E-state index is -1.02. The van der Waals surface area contributed by atoms with Crippen molar-refractivity contribution in [1.29, 1.82) is 0 Å². The number of carbonyl (C=O) groups is 2. The molecular weight excluding hydrogens is 255 g/mol. The van der Waals surface area contributed by atoms with Gasteiger partial charge in [0.15, 0.2) is 17.3 Å². The summed E-state index contributed by atoms with van der Waals surface area (Å²) in [6.07, 6.45) is 0. The zero-order chi connectivity index (χ0) is 14.6. The maximum Gasteiger partial charge on any atom is 0.379 e. The zero-order valence-electron chi connectivity index (χ0n) is 11.2. The van der Waals surface area contributed by atoms with Gasteiger partial charge in [-0.2, -0.15) is 0 Å². The lowest BCUT2D eigenvalue weighted by atomic mass is 10.0. The van der Waals surface area contributed by atoms with Crippen LogP contribution >= 0.6 is 0 Å². The molecule has 1 rings (SSSR count). The molecule has 0 saturated carbocycles. The van der Waals surface area contributed by atoms with Crippen LogP contribution < -0.4 is 9.47 Å². The van der Waals surface area contributed by atoms with Crippen LogP contribution in [-0.2, 0) is 9.53 Å². The maximum absolute atomic E-state index is 13.7. The van der Waals surface area contributed by atoms with Gasteiger partial charge in [-0.05, 0) is 25.5 Å². The van der Waals surface area contributed by atoms with E-state index in [1.54, 1.807) is 6.92 Å². The first-order chi connectivity index (χ1) is 8.97. The zero-order valence-corrected chi connectivity index (χ0v) is 11.2. The first-order valence-corrected chi connectivity index (χ1v) is 5.60. The van der Waals surface area contributed by atoms with Gasteiger partial charge in [-0.3, -0.25) is 4.79 Å². The van der Waals surface area contributed by atoms with Gasteiger partial charge in [0, 0.05) is 0 Å². The van der Waals surface area contributed by atoms with Crippen LogP contribution in [0, 0.1) is 12.7 Å². The van der Waals surface area contributed by atoms with Gasteiger partial charge in [-0.1, -0.05) is 0 Å². The van der Waals surface area contributed by atoms with E-state index in [1.807, 2.05) is 0 Å². The Kier molecular flexibility index (Phi) is 4.86. The third-order valence-corrected chi connectivity index (χ3v) is 2.48. The molecular formula is C13H15FO5. The molecule has 0 N–H and O–H groups in total. The molecule has 0 bridgehead atoms. The topological polar surface area (TPSA) is 61.8 Å². The highest BCUT2D eigenvalue weighted by Crippen LogP contribution is 2.36. The Labute approximate surface area is 110 Å². The Hall–Kier alpha value is -2.11. The summed E-state index contributed by atoms with van der Waals surface area (Å²) in [4.78, 5) is 23.5. The highest BCUT2D eigenvalue weighted by atomic mass is 19.1. The van der Waals surface area contributed by atoms with E-state index in [2.05, 4.69) is 4.74 Å². The summed E-state index contributed by atoms with van der Waals surface area (Å²) in [7, 11) is 2.51. The summed E-state index contributed by atoms with van der Waals surface area (Å²) >= 11 is 0. The number of aryl methyl sites for hydroxylation is 1. The second-order valence-electron chi connectivity index (χ2n) is 3.67. The van der Waals surface area contributed by atoms with E-state index in [9.17, 15) is 14.0 Å². The van der Waals surface area contributed by atoms with E-state index in [0.29, 0.717) is 0 Å². The summed E-state index contributed by atoms with van der Waals surface area (Å²) in [5.74, 6) is -2.91. The van der Waals surface area contributed by atoms with Crippen molar-refractivity contribution in [3.05, 3.63) is 23.0 Å². The average molecular weight is 270 g/mol. The highest BCUT2D eigenvalue weighted by molar-refractivity contribution is 6.41. The molecule has 1 aromatic rings. The fourth-order valence-corrected chi connectivity index (χ4v) is 1.69. The van der Waals surface area contributed by atoms with Crippen molar-refractivity contribution in [2.45, 2.75) is 13.8 Å². The number of Topliss-reactive ketones (excluding diaryl/α,β-unsaturated/α-hetero) is 1. The van der Waals surface area contributed by atoms with Gasteiger partial charge in [-0.25, -0.2) is 9.18 Å². The fourth-order valence-electron chi connectivity index (χ4n) is 1.69. The lowest BCUT2D eigenvalue weighted by molar-refractivity contribution is -0.137. The molecule has 0 aliphatic heterocycles. The Morgan fingerprint density at radius 1 is 1.21 bits per heavy atom. The number of hydrogen-bond donors (Lipinski definition) is 0. The summed E-state index contributed by atoms with van der Waals surface area (Å²) in [5, 5.41) is 0. The quantitative estimate of drug-likeness (QED) is 0.464. The Morgan fingerprint density at radius 2 is 1.79 bits per heavy atom. The molecule has 0 unspecified atom stereocenters. The van der Waals surface area contributed by atoms with Crippen LogP contribution in [0.4, 0.5) is 4.39 Å².